The van der Waals surface area contributed by atoms with Crippen molar-refractivity contribution >= 4 is 5.97 Å². The van der Waals surface area contributed by atoms with Gasteiger partial charge in [0.1, 0.15) is 0 Å². The molecular weight excluding hydrogens is 336 g/mol. The van der Waals surface area contributed by atoms with Crippen LogP contribution >= 0.6 is 0 Å². The molecule has 0 spiro atoms. The highest BCUT2D eigenvalue weighted by molar-refractivity contribution is 5.66. The maximum Gasteiger partial charge on any atom is 0.303 e. The fraction of sp³-hybridized carbons (Fsp3) is 0.958. The third-order valence-corrected chi connectivity index (χ3v) is 10.3. The predicted octanol–water partition coefficient (Wildman–Crippen LogP) is 5.51. The van der Waals surface area contributed by atoms with Crippen molar-refractivity contribution in [1.82, 2.24) is 0 Å². The van der Waals surface area contributed by atoms with Gasteiger partial charge < -0.3 is 10.2 Å². The Kier molecular flexibility index (Phi) is 5.15. The van der Waals surface area contributed by atoms with E-state index in [1.807, 2.05) is 0 Å². The van der Waals surface area contributed by atoms with Crippen LogP contribution < -0.4 is 0 Å². The summed E-state index contributed by atoms with van der Waals surface area (Å²) in [4.78, 5) is 11.1. The highest BCUT2D eigenvalue weighted by Crippen LogP contribution is 2.68. The molecular formula is C24H40O3. The second-order valence-corrected chi connectivity index (χ2v) is 11.1. The lowest BCUT2D eigenvalue weighted by Gasteiger charge is -2.62. The summed E-state index contributed by atoms with van der Waals surface area (Å²) >= 11 is 0. The normalized spacial score (nSPS) is 50.4. The monoisotopic (exact) mass is 376 g/mol. The summed E-state index contributed by atoms with van der Waals surface area (Å²) in [6.07, 6.45) is 12.6. The molecule has 27 heavy (non-hydrogen) atoms. The first kappa shape index (κ1) is 19.7. The van der Waals surface area contributed by atoms with Crippen molar-refractivity contribution in [2.24, 2.45) is 46.3 Å². The number of fused-ring (bicyclic) bond motifs is 5. The Balaban J connectivity index is 1.57. The van der Waals surface area contributed by atoms with Gasteiger partial charge in [0.25, 0.3) is 0 Å². The molecule has 4 fully saturated rings. The molecule has 3 heteroatoms. The Morgan fingerprint density at radius 1 is 1.07 bits per heavy atom. The SMILES string of the molecule is C[C@H](CCC(=O)O)[C@H]1CC[C@H]2[C@@H]3CC[C@@H]4CCCC[C@]4(C)[C@H]3C[C@@H](O)[C@]12C. The van der Waals surface area contributed by atoms with Crippen LogP contribution in [-0.2, 0) is 4.79 Å². The minimum Gasteiger partial charge on any atom is -0.481 e. The highest BCUT2D eigenvalue weighted by Gasteiger charge is 2.63. The van der Waals surface area contributed by atoms with Gasteiger partial charge in [0.2, 0.25) is 0 Å². The van der Waals surface area contributed by atoms with Crippen molar-refractivity contribution in [3.8, 4) is 0 Å². The van der Waals surface area contributed by atoms with Gasteiger partial charge in [-0.15, -0.1) is 0 Å². The number of carbonyl (C=O) groups is 1. The van der Waals surface area contributed by atoms with Crippen LogP contribution in [0, 0.1) is 46.3 Å². The molecule has 0 unspecified atom stereocenters. The lowest BCUT2D eigenvalue weighted by Crippen LogP contribution is -2.58. The lowest BCUT2D eigenvalue weighted by molar-refractivity contribution is -0.168. The molecule has 4 rings (SSSR count). The molecule has 0 amide bonds. The van der Waals surface area contributed by atoms with Crippen LogP contribution in [0.2, 0.25) is 0 Å². The number of aliphatic hydroxyl groups excluding tert-OH is 1. The molecule has 4 saturated carbocycles. The average molecular weight is 377 g/mol. The number of carboxylic acids is 1. The summed E-state index contributed by atoms with van der Waals surface area (Å²) in [7, 11) is 0. The molecule has 9 atom stereocenters. The Morgan fingerprint density at radius 2 is 1.85 bits per heavy atom. The Labute approximate surface area is 165 Å². The molecule has 3 nitrogen and oxygen atoms in total. The summed E-state index contributed by atoms with van der Waals surface area (Å²) in [5.41, 5.74) is 0.452. The third kappa shape index (κ3) is 2.98. The number of hydrogen-bond donors (Lipinski definition) is 2. The maximum absolute atomic E-state index is 11.5. The van der Waals surface area contributed by atoms with Crippen molar-refractivity contribution in [3.05, 3.63) is 0 Å². The summed E-state index contributed by atoms with van der Waals surface area (Å²) in [6.45, 7) is 7.16. The van der Waals surface area contributed by atoms with Gasteiger partial charge >= 0.3 is 5.97 Å². The standard InChI is InChI=1S/C24H40O3/c1-15(7-12-22(26)27)18-10-11-19-17-9-8-16-6-4-5-13-23(16,2)20(17)14-21(25)24(18,19)3/h15-21,25H,4-14H2,1-3H3,(H,26,27)/t15-,16+,17+,18-,19+,20+,21-,23+,24-/m1/s1. The van der Waals surface area contributed by atoms with Crippen molar-refractivity contribution in [3.63, 3.8) is 0 Å². The van der Waals surface area contributed by atoms with Gasteiger partial charge in [0, 0.05) is 6.42 Å². The smallest absolute Gasteiger partial charge is 0.303 e. The van der Waals surface area contributed by atoms with Crippen molar-refractivity contribution < 1.29 is 15.0 Å². The second-order valence-electron chi connectivity index (χ2n) is 11.1. The molecule has 4 aliphatic rings. The van der Waals surface area contributed by atoms with E-state index in [1.54, 1.807) is 0 Å². The van der Waals surface area contributed by atoms with E-state index in [0.717, 1.165) is 24.7 Å². The van der Waals surface area contributed by atoms with E-state index in [-0.39, 0.29) is 17.9 Å². The summed E-state index contributed by atoms with van der Waals surface area (Å²) in [6, 6.07) is 0. The Hall–Kier alpha value is -0.570. The van der Waals surface area contributed by atoms with Crippen LogP contribution in [0.4, 0.5) is 0 Å². The number of rotatable bonds is 4. The molecule has 0 aliphatic heterocycles. The van der Waals surface area contributed by atoms with Crippen LogP contribution in [-0.4, -0.2) is 22.3 Å². The van der Waals surface area contributed by atoms with Crippen molar-refractivity contribution in [2.75, 3.05) is 0 Å². The first-order valence-corrected chi connectivity index (χ1v) is 11.7. The van der Waals surface area contributed by atoms with E-state index in [4.69, 9.17) is 5.11 Å². The van der Waals surface area contributed by atoms with E-state index in [9.17, 15) is 9.90 Å². The molecule has 0 aromatic carbocycles. The van der Waals surface area contributed by atoms with E-state index >= 15 is 0 Å². The fourth-order valence-electron chi connectivity index (χ4n) is 8.77. The van der Waals surface area contributed by atoms with Crippen LogP contribution in [0.1, 0.15) is 91.4 Å². The highest BCUT2D eigenvalue weighted by atomic mass is 16.4. The number of aliphatic hydroxyl groups is 1. The van der Waals surface area contributed by atoms with Gasteiger partial charge in [0.15, 0.2) is 0 Å². The van der Waals surface area contributed by atoms with Gasteiger partial charge in [-0.2, -0.15) is 0 Å². The molecule has 4 aliphatic carbocycles. The average Bonchev–Trinajstić information content (AvgIpc) is 2.99. The molecule has 0 aromatic rings. The second kappa shape index (κ2) is 7.04. The molecule has 0 bridgehead atoms. The molecule has 2 N–H and O–H groups in total. The van der Waals surface area contributed by atoms with E-state index in [0.29, 0.717) is 29.1 Å². The quantitative estimate of drug-likeness (QED) is 0.680. The number of carboxylic acid groups (broad SMARTS) is 1. The summed E-state index contributed by atoms with van der Waals surface area (Å²) in [5, 5.41) is 20.6. The minimum absolute atomic E-state index is 0.00303. The van der Waals surface area contributed by atoms with Gasteiger partial charge in [-0.3, -0.25) is 4.79 Å². The molecule has 154 valence electrons. The Bertz CT molecular complexity index is 574. The zero-order chi connectivity index (χ0) is 19.4. The van der Waals surface area contributed by atoms with E-state index in [2.05, 4.69) is 20.8 Å². The maximum atomic E-state index is 11.5. The minimum atomic E-state index is -0.686. The summed E-state index contributed by atoms with van der Waals surface area (Å²) in [5.74, 6) is 3.21. The molecule has 0 saturated heterocycles. The first-order chi connectivity index (χ1) is 12.8. The van der Waals surface area contributed by atoms with Gasteiger partial charge in [-0.25, -0.2) is 0 Å². The lowest BCUT2D eigenvalue weighted by atomic mass is 9.44. The van der Waals surface area contributed by atoms with Crippen LogP contribution in [0.5, 0.6) is 0 Å². The van der Waals surface area contributed by atoms with Crippen LogP contribution in [0.3, 0.4) is 0 Å². The van der Waals surface area contributed by atoms with Crippen LogP contribution in [0.15, 0.2) is 0 Å². The van der Waals surface area contributed by atoms with E-state index in [1.165, 1.54) is 51.4 Å². The van der Waals surface area contributed by atoms with Crippen molar-refractivity contribution in [2.45, 2.75) is 97.5 Å². The van der Waals surface area contributed by atoms with Gasteiger partial charge in [-0.1, -0.05) is 33.6 Å². The topological polar surface area (TPSA) is 57.5 Å². The number of aliphatic carboxylic acids is 1. The zero-order valence-corrected chi connectivity index (χ0v) is 17.6. The first-order valence-electron chi connectivity index (χ1n) is 11.7. The largest absolute Gasteiger partial charge is 0.481 e. The van der Waals surface area contributed by atoms with Gasteiger partial charge in [0.05, 0.1) is 6.10 Å². The summed E-state index contributed by atoms with van der Waals surface area (Å²) < 4.78 is 0. The van der Waals surface area contributed by atoms with Gasteiger partial charge in [-0.05, 0) is 97.7 Å². The van der Waals surface area contributed by atoms with Crippen LogP contribution in [0.25, 0.3) is 0 Å². The third-order valence-electron chi connectivity index (χ3n) is 10.3. The molecule has 0 heterocycles. The zero-order valence-electron chi connectivity index (χ0n) is 17.6. The predicted molar refractivity (Wildman–Crippen MR) is 107 cm³/mol. The Morgan fingerprint density at radius 3 is 2.59 bits per heavy atom. The number of hydrogen-bond acceptors (Lipinski definition) is 2. The van der Waals surface area contributed by atoms with Crippen molar-refractivity contribution in [1.29, 1.82) is 0 Å². The molecule has 0 radical (unpaired) electrons. The fourth-order valence-corrected chi connectivity index (χ4v) is 8.77. The molecule has 0 aromatic heterocycles. The van der Waals surface area contributed by atoms with E-state index < -0.39 is 5.97 Å².